The molecule has 1 unspecified atom stereocenters. The highest BCUT2D eigenvalue weighted by Gasteiger charge is 2.20. The van der Waals surface area contributed by atoms with Crippen molar-refractivity contribution in [2.45, 2.75) is 65.8 Å². The van der Waals surface area contributed by atoms with Crippen molar-refractivity contribution in [2.75, 3.05) is 6.54 Å². The fourth-order valence-electron chi connectivity index (χ4n) is 2.36. The van der Waals surface area contributed by atoms with Gasteiger partial charge in [0.15, 0.2) is 0 Å². The van der Waals surface area contributed by atoms with E-state index in [4.69, 9.17) is 0 Å². The van der Waals surface area contributed by atoms with E-state index in [1.165, 1.54) is 38.6 Å². The first-order chi connectivity index (χ1) is 7.13. The molecule has 1 heteroatoms. The van der Waals surface area contributed by atoms with Crippen LogP contribution in [0.2, 0.25) is 0 Å². The summed E-state index contributed by atoms with van der Waals surface area (Å²) in [5, 5.41) is 3.75. The molecule has 1 atom stereocenters. The Hall–Kier alpha value is -0.0400. The van der Waals surface area contributed by atoms with Crippen LogP contribution in [-0.4, -0.2) is 12.6 Å². The number of nitrogens with one attached hydrogen (secondary N) is 1. The van der Waals surface area contributed by atoms with Gasteiger partial charge in [-0.1, -0.05) is 34.1 Å². The van der Waals surface area contributed by atoms with E-state index in [1.807, 2.05) is 0 Å². The van der Waals surface area contributed by atoms with Crippen molar-refractivity contribution in [1.29, 1.82) is 0 Å². The van der Waals surface area contributed by atoms with Gasteiger partial charge in [0.05, 0.1) is 0 Å². The van der Waals surface area contributed by atoms with E-state index in [9.17, 15) is 0 Å². The molecular weight excluding hydrogens is 182 g/mol. The van der Waals surface area contributed by atoms with Gasteiger partial charge in [-0.25, -0.2) is 0 Å². The van der Waals surface area contributed by atoms with Crippen LogP contribution in [0.15, 0.2) is 0 Å². The van der Waals surface area contributed by atoms with E-state index in [1.54, 1.807) is 0 Å². The summed E-state index contributed by atoms with van der Waals surface area (Å²) in [5.41, 5.74) is 0. The summed E-state index contributed by atoms with van der Waals surface area (Å²) in [6.07, 6.45) is 7.09. The minimum atomic E-state index is 0.810. The lowest BCUT2D eigenvalue weighted by molar-refractivity contribution is 0.268. The molecule has 0 amide bonds. The summed E-state index contributed by atoms with van der Waals surface area (Å²) in [7, 11) is 0. The van der Waals surface area contributed by atoms with Crippen molar-refractivity contribution >= 4 is 0 Å². The van der Waals surface area contributed by atoms with Crippen molar-refractivity contribution < 1.29 is 0 Å². The minimum absolute atomic E-state index is 0.810. The zero-order valence-corrected chi connectivity index (χ0v) is 11.1. The van der Waals surface area contributed by atoms with Crippen LogP contribution in [-0.2, 0) is 0 Å². The molecular formula is C14H29N. The van der Waals surface area contributed by atoms with Crippen LogP contribution >= 0.6 is 0 Å². The molecule has 1 fully saturated rings. The van der Waals surface area contributed by atoms with Gasteiger partial charge < -0.3 is 5.32 Å². The largest absolute Gasteiger partial charge is 0.314 e. The Morgan fingerprint density at radius 2 is 1.67 bits per heavy atom. The van der Waals surface area contributed by atoms with Crippen molar-refractivity contribution in [1.82, 2.24) is 5.32 Å². The molecule has 1 rings (SSSR count). The molecule has 0 bridgehead atoms. The molecule has 0 saturated heterocycles. The topological polar surface area (TPSA) is 12.0 Å². The Morgan fingerprint density at radius 3 is 2.13 bits per heavy atom. The molecule has 1 N–H and O–H groups in total. The Bertz CT molecular complexity index is 157. The van der Waals surface area contributed by atoms with Crippen LogP contribution in [0.5, 0.6) is 0 Å². The predicted molar refractivity (Wildman–Crippen MR) is 68.0 cm³/mol. The molecule has 1 aliphatic carbocycles. The first-order valence-electron chi connectivity index (χ1n) is 6.86. The van der Waals surface area contributed by atoms with E-state index in [0.29, 0.717) is 0 Å². The van der Waals surface area contributed by atoms with Crippen LogP contribution in [0.3, 0.4) is 0 Å². The van der Waals surface area contributed by atoms with Crippen molar-refractivity contribution in [3.05, 3.63) is 0 Å². The molecule has 0 spiro atoms. The fourth-order valence-corrected chi connectivity index (χ4v) is 2.36. The second kappa shape index (κ2) is 6.52. The van der Waals surface area contributed by atoms with Gasteiger partial charge in [-0.3, -0.25) is 0 Å². The summed E-state index contributed by atoms with van der Waals surface area (Å²) < 4.78 is 0. The lowest BCUT2D eigenvalue weighted by atomic mass is 9.84. The third-order valence-corrected chi connectivity index (χ3v) is 4.29. The zero-order chi connectivity index (χ0) is 11.3. The first-order valence-corrected chi connectivity index (χ1v) is 6.86. The van der Waals surface area contributed by atoms with Gasteiger partial charge in [-0.05, 0) is 50.0 Å². The Kier molecular flexibility index (Phi) is 5.66. The molecule has 1 nitrogen and oxygen atoms in total. The second-order valence-corrected chi connectivity index (χ2v) is 5.76. The molecule has 1 aliphatic rings. The van der Waals surface area contributed by atoms with Gasteiger partial charge in [-0.2, -0.15) is 0 Å². The van der Waals surface area contributed by atoms with E-state index in [0.717, 1.165) is 23.8 Å². The van der Waals surface area contributed by atoms with Gasteiger partial charge in [0.1, 0.15) is 0 Å². The number of hydrogen-bond donors (Lipinski definition) is 1. The lowest BCUT2D eigenvalue weighted by Crippen LogP contribution is -2.36. The molecule has 0 aromatic rings. The van der Waals surface area contributed by atoms with Crippen LogP contribution in [0.25, 0.3) is 0 Å². The van der Waals surface area contributed by atoms with Crippen LogP contribution in [0.4, 0.5) is 0 Å². The normalized spacial score (nSPS) is 29.4. The van der Waals surface area contributed by atoms with E-state index in [2.05, 4.69) is 33.0 Å². The standard InChI is InChI=1S/C14H29N/c1-5-13-6-8-14(9-7-13)15-10-12(4)11(2)3/h11-15H,5-10H2,1-4H3. The maximum atomic E-state index is 3.75. The highest BCUT2D eigenvalue weighted by atomic mass is 14.9. The highest BCUT2D eigenvalue weighted by Crippen LogP contribution is 2.26. The third kappa shape index (κ3) is 4.55. The SMILES string of the molecule is CCC1CCC(NCC(C)C(C)C)CC1. The molecule has 15 heavy (non-hydrogen) atoms. The minimum Gasteiger partial charge on any atom is -0.314 e. The molecule has 0 heterocycles. The summed E-state index contributed by atoms with van der Waals surface area (Å²) in [5.74, 6) is 2.64. The quantitative estimate of drug-likeness (QED) is 0.728. The highest BCUT2D eigenvalue weighted by molar-refractivity contribution is 4.77. The zero-order valence-electron chi connectivity index (χ0n) is 11.1. The van der Waals surface area contributed by atoms with Gasteiger partial charge in [-0.15, -0.1) is 0 Å². The molecule has 0 aliphatic heterocycles. The van der Waals surface area contributed by atoms with Crippen LogP contribution in [0.1, 0.15) is 59.8 Å². The third-order valence-electron chi connectivity index (χ3n) is 4.29. The summed E-state index contributed by atoms with van der Waals surface area (Å²) in [6.45, 7) is 10.5. The Labute approximate surface area is 96.0 Å². The molecule has 0 radical (unpaired) electrons. The van der Waals surface area contributed by atoms with E-state index >= 15 is 0 Å². The Morgan fingerprint density at radius 1 is 1.07 bits per heavy atom. The van der Waals surface area contributed by atoms with Crippen molar-refractivity contribution in [3.8, 4) is 0 Å². The summed E-state index contributed by atoms with van der Waals surface area (Å²) >= 11 is 0. The molecule has 90 valence electrons. The van der Waals surface area contributed by atoms with E-state index in [-0.39, 0.29) is 0 Å². The maximum absolute atomic E-state index is 3.75. The average Bonchev–Trinajstić information content (AvgIpc) is 2.26. The first kappa shape index (κ1) is 13.0. The summed E-state index contributed by atoms with van der Waals surface area (Å²) in [4.78, 5) is 0. The van der Waals surface area contributed by atoms with Gasteiger partial charge in [0, 0.05) is 6.04 Å². The predicted octanol–water partition coefficient (Wildman–Crippen LogP) is 3.84. The van der Waals surface area contributed by atoms with E-state index < -0.39 is 0 Å². The molecule has 0 aromatic heterocycles. The van der Waals surface area contributed by atoms with Gasteiger partial charge in [0.2, 0.25) is 0 Å². The number of rotatable bonds is 5. The smallest absolute Gasteiger partial charge is 0.00673 e. The van der Waals surface area contributed by atoms with Crippen LogP contribution < -0.4 is 5.32 Å². The molecule has 0 aromatic carbocycles. The van der Waals surface area contributed by atoms with Gasteiger partial charge in [0.25, 0.3) is 0 Å². The lowest BCUT2D eigenvalue weighted by Gasteiger charge is -2.30. The molecule has 1 saturated carbocycles. The fraction of sp³-hybridized carbons (Fsp3) is 1.00. The maximum Gasteiger partial charge on any atom is 0.00673 e. The summed E-state index contributed by atoms with van der Waals surface area (Å²) in [6, 6.07) is 0.814. The second-order valence-electron chi connectivity index (χ2n) is 5.76. The van der Waals surface area contributed by atoms with Gasteiger partial charge >= 0.3 is 0 Å². The monoisotopic (exact) mass is 211 g/mol. The Balaban J connectivity index is 2.13. The van der Waals surface area contributed by atoms with Crippen molar-refractivity contribution in [2.24, 2.45) is 17.8 Å². The van der Waals surface area contributed by atoms with Crippen LogP contribution in [0, 0.1) is 17.8 Å². The van der Waals surface area contributed by atoms with Crippen molar-refractivity contribution in [3.63, 3.8) is 0 Å². The number of hydrogen-bond acceptors (Lipinski definition) is 1. The average molecular weight is 211 g/mol.